The standard InChI is InChI=1S/C23H21NO4/c1-16-8-13-21(27-2)20(14-16)23(26)28-15-17-9-11-18(12-10-17)22(25)24-19-6-4-3-5-7-19/h3-14H,15H2,1-2H3,(H,24,25). The van der Waals surface area contributed by atoms with Crippen LogP contribution in [0.3, 0.4) is 0 Å². The summed E-state index contributed by atoms with van der Waals surface area (Å²) in [7, 11) is 1.51. The molecule has 5 nitrogen and oxygen atoms in total. The van der Waals surface area contributed by atoms with Gasteiger partial charge in [-0.05, 0) is 48.9 Å². The summed E-state index contributed by atoms with van der Waals surface area (Å²) in [5.74, 6) is -0.172. The number of carbonyl (C=O) groups is 2. The first-order valence-corrected chi connectivity index (χ1v) is 8.84. The van der Waals surface area contributed by atoms with Crippen molar-refractivity contribution >= 4 is 17.6 Å². The maximum atomic E-state index is 12.4. The number of anilines is 1. The van der Waals surface area contributed by atoms with Gasteiger partial charge >= 0.3 is 5.97 Å². The third-order valence-corrected chi connectivity index (χ3v) is 4.19. The Hall–Kier alpha value is -3.60. The fourth-order valence-corrected chi connectivity index (χ4v) is 2.69. The topological polar surface area (TPSA) is 64.6 Å². The second kappa shape index (κ2) is 8.86. The van der Waals surface area contributed by atoms with Gasteiger partial charge in [0.05, 0.1) is 7.11 Å². The molecular weight excluding hydrogens is 354 g/mol. The summed E-state index contributed by atoms with van der Waals surface area (Å²) < 4.78 is 10.6. The van der Waals surface area contributed by atoms with E-state index >= 15 is 0 Å². The van der Waals surface area contributed by atoms with Gasteiger partial charge in [0.2, 0.25) is 0 Å². The molecule has 28 heavy (non-hydrogen) atoms. The minimum atomic E-state index is -0.452. The van der Waals surface area contributed by atoms with Crippen LogP contribution in [0.15, 0.2) is 72.8 Å². The summed E-state index contributed by atoms with van der Waals surface area (Å²) in [4.78, 5) is 24.6. The lowest BCUT2D eigenvalue weighted by molar-refractivity contribution is 0.0468. The third-order valence-electron chi connectivity index (χ3n) is 4.19. The Balaban J connectivity index is 1.61. The minimum Gasteiger partial charge on any atom is -0.496 e. The normalized spacial score (nSPS) is 10.2. The van der Waals surface area contributed by atoms with Crippen LogP contribution in [0.2, 0.25) is 0 Å². The van der Waals surface area contributed by atoms with Crippen molar-refractivity contribution in [1.29, 1.82) is 0 Å². The molecule has 0 unspecified atom stereocenters. The number of hydrogen-bond acceptors (Lipinski definition) is 4. The van der Waals surface area contributed by atoms with Gasteiger partial charge in [0.15, 0.2) is 0 Å². The molecule has 0 atom stereocenters. The van der Waals surface area contributed by atoms with Gasteiger partial charge in [-0.1, -0.05) is 42.0 Å². The maximum Gasteiger partial charge on any atom is 0.342 e. The predicted octanol–water partition coefficient (Wildman–Crippen LogP) is 4.61. The van der Waals surface area contributed by atoms with E-state index in [2.05, 4.69) is 5.32 Å². The van der Waals surface area contributed by atoms with E-state index in [1.807, 2.05) is 43.3 Å². The van der Waals surface area contributed by atoms with E-state index in [0.717, 1.165) is 16.8 Å². The van der Waals surface area contributed by atoms with Crippen LogP contribution < -0.4 is 10.1 Å². The van der Waals surface area contributed by atoms with Crippen LogP contribution in [-0.4, -0.2) is 19.0 Å². The molecule has 3 aromatic rings. The minimum absolute atomic E-state index is 0.108. The molecule has 0 spiro atoms. The molecular formula is C23H21NO4. The highest BCUT2D eigenvalue weighted by Gasteiger charge is 2.14. The second-order valence-electron chi connectivity index (χ2n) is 6.30. The van der Waals surface area contributed by atoms with Gasteiger partial charge < -0.3 is 14.8 Å². The maximum absolute atomic E-state index is 12.4. The number of rotatable bonds is 6. The average molecular weight is 375 g/mol. The largest absolute Gasteiger partial charge is 0.496 e. The zero-order valence-electron chi connectivity index (χ0n) is 15.8. The quantitative estimate of drug-likeness (QED) is 0.639. The van der Waals surface area contributed by atoms with E-state index in [9.17, 15) is 9.59 Å². The highest BCUT2D eigenvalue weighted by Crippen LogP contribution is 2.21. The monoisotopic (exact) mass is 375 g/mol. The average Bonchev–Trinajstić information content (AvgIpc) is 2.73. The third kappa shape index (κ3) is 4.76. The molecule has 5 heteroatoms. The van der Waals surface area contributed by atoms with E-state index in [4.69, 9.17) is 9.47 Å². The summed E-state index contributed by atoms with van der Waals surface area (Å²) in [6.45, 7) is 2.01. The van der Waals surface area contributed by atoms with Gasteiger partial charge in [-0.15, -0.1) is 0 Å². The van der Waals surface area contributed by atoms with Gasteiger partial charge in [-0.3, -0.25) is 4.79 Å². The zero-order chi connectivity index (χ0) is 19.9. The number of methoxy groups -OCH3 is 1. The van der Waals surface area contributed by atoms with Crippen LogP contribution in [0.5, 0.6) is 5.75 Å². The van der Waals surface area contributed by atoms with Crippen molar-refractivity contribution in [2.75, 3.05) is 12.4 Å². The molecule has 0 aromatic heterocycles. The first-order chi connectivity index (χ1) is 13.6. The van der Waals surface area contributed by atoms with Crippen molar-refractivity contribution in [2.45, 2.75) is 13.5 Å². The molecule has 0 aliphatic heterocycles. The van der Waals surface area contributed by atoms with Crippen molar-refractivity contribution in [1.82, 2.24) is 0 Å². The number of hydrogen-bond donors (Lipinski definition) is 1. The Morgan fingerprint density at radius 2 is 1.64 bits per heavy atom. The van der Waals surface area contributed by atoms with E-state index in [-0.39, 0.29) is 12.5 Å². The van der Waals surface area contributed by atoms with Gasteiger partial charge in [0, 0.05) is 11.3 Å². The summed E-state index contributed by atoms with van der Waals surface area (Å²) in [5, 5.41) is 2.83. The smallest absolute Gasteiger partial charge is 0.342 e. The van der Waals surface area contributed by atoms with Gasteiger partial charge in [0.25, 0.3) is 5.91 Å². The number of aryl methyl sites for hydroxylation is 1. The van der Waals surface area contributed by atoms with Crippen molar-refractivity contribution in [3.05, 3.63) is 95.1 Å². The number of carbonyl (C=O) groups excluding carboxylic acids is 2. The molecule has 0 saturated carbocycles. The van der Waals surface area contributed by atoms with E-state index in [1.165, 1.54) is 7.11 Å². The molecule has 1 amide bonds. The van der Waals surface area contributed by atoms with Gasteiger partial charge in [-0.2, -0.15) is 0 Å². The summed E-state index contributed by atoms with van der Waals surface area (Å²) in [6, 6.07) is 21.5. The van der Waals surface area contributed by atoms with Crippen molar-refractivity contribution < 1.29 is 19.1 Å². The lowest BCUT2D eigenvalue weighted by Gasteiger charge is -2.10. The Kier molecular flexibility index (Phi) is 6.07. The second-order valence-corrected chi connectivity index (χ2v) is 6.30. The van der Waals surface area contributed by atoms with Crippen molar-refractivity contribution in [2.24, 2.45) is 0 Å². The van der Waals surface area contributed by atoms with Crippen molar-refractivity contribution in [3.8, 4) is 5.75 Å². The number of esters is 1. The molecule has 3 rings (SSSR count). The first kappa shape index (κ1) is 19.2. The summed E-state index contributed by atoms with van der Waals surface area (Å²) in [5.41, 5.74) is 3.39. The molecule has 0 radical (unpaired) electrons. The Morgan fingerprint density at radius 3 is 2.32 bits per heavy atom. The Morgan fingerprint density at radius 1 is 0.929 bits per heavy atom. The molecule has 142 valence electrons. The van der Waals surface area contributed by atoms with Crippen LogP contribution in [0.1, 0.15) is 31.8 Å². The number of para-hydroxylation sites is 1. The van der Waals surface area contributed by atoms with E-state index < -0.39 is 5.97 Å². The van der Waals surface area contributed by atoms with Gasteiger partial charge in [-0.25, -0.2) is 4.79 Å². The molecule has 0 fully saturated rings. The molecule has 1 N–H and O–H groups in total. The highest BCUT2D eigenvalue weighted by molar-refractivity contribution is 6.04. The van der Waals surface area contributed by atoms with Crippen LogP contribution >= 0.6 is 0 Å². The van der Waals surface area contributed by atoms with E-state index in [0.29, 0.717) is 16.9 Å². The van der Waals surface area contributed by atoms with Crippen LogP contribution in [0, 0.1) is 6.92 Å². The first-order valence-electron chi connectivity index (χ1n) is 8.84. The molecule has 3 aromatic carbocycles. The zero-order valence-corrected chi connectivity index (χ0v) is 15.8. The Bertz CT molecular complexity index is 966. The fourth-order valence-electron chi connectivity index (χ4n) is 2.69. The predicted molar refractivity (Wildman–Crippen MR) is 108 cm³/mol. The van der Waals surface area contributed by atoms with Crippen molar-refractivity contribution in [3.63, 3.8) is 0 Å². The molecule has 0 aliphatic carbocycles. The van der Waals surface area contributed by atoms with Crippen LogP contribution in [-0.2, 0) is 11.3 Å². The van der Waals surface area contributed by atoms with Gasteiger partial charge in [0.1, 0.15) is 17.9 Å². The lowest BCUT2D eigenvalue weighted by Crippen LogP contribution is -2.12. The molecule has 0 bridgehead atoms. The molecule has 0 aliphatic rings. The lowest BCUT2D eigenvalue weighted by atomic mass is 10.1. The summed E-state index contributed by atoms with van der Waals surface area (Å²) >= 11 is 0. The number of nitrogens with one attached hydrogen (secondary N) is 1. The number of ether oxygens (including phenoxy) is 2. The summed E-state index contributed by atoms with van der Waals surface area (Å²) in [6.07, 6.45) is 0. The molecule has 0 saturated heterocycles. The van der Waals surface area contributed by atoms with Crippen LogP contribution in [0.25, 0.3) is 0 Å². The number of amides is 1. The molecule has 0 heterocycles. The number of benzene rings is 3. The Labute approximate surface area is 163 Å². The SMILES string of the molecule is COc1ccc(C)cc1C(=O)OCc1ccc(C(=O)Nc2ccccc2)cc1. The highest BCUT2D eigenvalue weighted by atomic mass is 16.5. The fraction of sp³-hybridized carbons (Fsp3) is 0.130. The van der Waals surface area contributed by atoms with E-state index in [1.54, 1.807) is 36.4 Å². The van der Waals surface area contributed by atoms with Crippen LogP contribution in [0.4, 0.5) is 5.69 Å².